The molecule has 0 aliphatic heterocycles. The van der Waals surface area contributed by atoms with Gasteiger partial charge in [-0.2, -0.15) is 5.10 Å². The number of carbonyl (C=O) groups is 1. The minimum atomic E-state index is -0.492. The van der Waals surface area contributed by atoms with Crippen molar-refractivity contribution in [1.29, 1.82) is 0 Å². The van der Waals surface area contributed by atoms with Crippen molar-refractivity contribution < 1.29 is 9.53 Å². The highest BCUT2D eigenvalue weighted by Crippen LogP contribution is 2.12. The van der Waals surface area contributed by atoms with Crippen LogP contribution in [0, 0.1) is 0 Å². The maximum Gasteiger partial charge on any atom is 0.412 e. The van der Waals surface area contributed by atoms with E-state index in [9.17, 15) is 4.79 Å². The molecule has 0 atom stereocenters. The van der Waals surface area contributed by atoms with Gasteiger partial charge in [0.15, 0.2) is 5.82 Å². The van der Waals surface area contributed by atoms with Crippen LogP contribution in [0.15, 0.2) is 6.20 Å². The molecule has 1 heterocycles. The van der Waals surface area contributed by atoms with Gasteiger partial charge in [-0.15, -0.1) is 0 Å². The van der Waals surface area contributed by atoms with Crippen molar-refractivity contribution in [2.45, 2.75) is 13.3 Å². The van der Waals surface area contributed by atoms with Gasteiger partial charge in [0, 0.05) is 18.8 Å². The number of nitrogens with zero attached hydrogens (tertiary/aromatic N) is 2. The van der Waals surface area contributed by atoms with Gasteiger partial charge in [0.05, 0.1) is 7.11 Å². The normalized spacial score (nSPS) is 9.77. The fraction of sp³-hybridized carbons (Fsp3) is 0.500. The predicted octanol–water partition coefficient (Wildman–Crippen LogP) is 1.16. The Kier molecular flexibility index (Phi) is 2.89. The van der Waals surface area contributed by atoms with E-state index in [-0.39, 0.29) is 0 Å². The molecule has 13 heavy (non-hydrogen) atoms. The zero-order chi connectivity index (χ0) is 9.84. The summed E-state index contributed by atoms with van der Waals surface area (Å²) in [6.45, 7) is 2.00. The maximum absolute atomic E-state index is 10.9. The van der Waals surface area contributed by atoms with E-state index >= 15 is 0 Å². The Morgan fingerprint density at radius 1 is 1.77 bits per heavy atom. The molecule has 0 fully saturated rings. The van der Waals surface area contributed by atoms with E-state index in [1.54, 1.807) is 4.68 Å². The number of ether oxygens (including phenoxy) is 1. The fourth-order valence-electron chi connectivity index (χ4n) is 1.05. The third-order valence-electron chi connectivity index (χ3n) is 1.69. The smallest absolute Gasteiger partial charge is 0.412 e. The van der Waals surface area contributed by atoms with E-state index in [1.807, 2.05) is 20.2 Å². The monoisotopic (exact) mass is 183 g/mol. The van der Waals surface area contributed by atoms with Crippen molar-refractivity contribution in [3.05, 3.63) is 11.8 Å². The number of nitrogens with one attached hydrogen (secondary N) is 1. The van der Waals surface area contributed by atoms with Crippen LogP contribution in [0.2, 0.25) is 0 Å². The van der Waals surface area contributed by atoms with Crippen LogP contribution in [-0.4, -0.2) is 23.0 Å². The topological polar surface area (TPSA) is 56.2 Å². The lowest BCUT2D eigenvalue weighted by molar-refractivity contribution is 0.186. The molecule has 0 radical (unpaired) electrons. The number of aromatic nitrogens is 2. The first-order valence-corrected chi connectivity index (χ1v) is 4.04. The molecule has 1 rings (SSSR count). The maximum atomic E-state index is 10.9. The average molecular weight is 183 g/mol. The van der Waals surface area contributed by atoms with Gasteiger partial charge in [0.25, 0.3) is 0 Å². The Balaban J connectivity index is 2.80. The van der Waals surface area contributed by atoms with Crippen LogP contribution in [0.25, 0.3) is 0 Å². The molecule has 72 valence electrons. The van der Waals surface area contributed by atoms with Crippen molar-refractivity contribution >= 4 is 11.9 Å². The summed E-state index contributed by atoms with van der Waals surface area (Å²) in [5.41, 5.74) is 0.993. The highest BCUT2D eigenvalue weighted by atomic mass is 16.5. The standard InChI is InChI=1S/C8H13N3O2/c1-4-6-5-11(2)10-7(6)9-8(12)13-3/h5H,4H2,1-3H3,(H,9,10,12). The molecule has 0 spiro atoms. The van der Waals surface area contributed by atoms with Gasteiger partial charge in [0.2, 0.25) is 0 Å². The molecule has 1 amide bonds. The largest absolute Gasteiger partial charge is 0.453 e. The summed E-state index contributed by atoms with van der Waals surface area (Å²) in [5.74, 6) is 0.567. The van der Waals surface area contributed by atoms with Gasteiger partial charge in [0.1, 0.15) is 0 Å². The Labute approximate surface area is 76.7 Å². The zero-order valence-corrected chi connectivity index (χ0v) is 8.00. The third kappa shape index (κ3) is 2.21. The van der Waals surface area contributed by atoms with Gasteiger partial charge in [-0.3, -0.25) is 10.00 Å². The summed E-state index contributed by atoms with van der Waals surface area (Å²) in [4.78, 5) is 10.9. The van der Waals surface area contributed by atoms with Crippen molar-refractivity contribution in [2.75, 3.05) is 12.4 Å². The summed E-state index contributed by atoms with van der Waals surface area (Å²) in [7, 11) is 3.13. The van der Waals surface area contributed by atoms with Gasteiger partial charge in [-0.1, -0.05) is 6.92 Å². The Hall–Kier alpha value is -1.52. The Bertz CT molecular complexity index is 306. The second-order valence-electron chi connectivity index (χ2n) is 2.65. The molecule has 0 aromatic carbocycles. The van der Waals surface area contributed by atoms with Crippen LogP contribution in [0.3, 0.4) is 0 Å². The Morgan fingerprint density at radius 2 is 2.46 bits per heavy atom. The van der Waals surface area contributed by atoms with Crippen LogP contribution in [0.4, 0.5) is 10.6 Å². The number of amides is 1. The number of carbonyl (C=O) groups excluding carboxylic acids is 1. The lowest BCUT2D eigenvalue weighted by atomic mass is 10.2. The predicted molar refractivity (Wildman–Crippen MR) is 48.6 cm³/mol. The number of hydrogen-bond donors (Lipinski definition) is 1. The molecule has 5 nitrogen and oxygen atoms in total. The number of anilines is 1. The van der Waals surface area contributed by atoms with E-state index < -0.39 is 6.09 Å². The average Bonchev–Trinajstić information content (AvgIpc) is 2.46. The fourth-order valence-corrected chi connectivity index (χ4v) is 1.05. The first-order valence-electron chi connectivity index (χ1n) is 4.04. The van der Waals surface area contributed by atoms with E-state index in [2.05, 4.69) is 15.2 Å². The molecular weight excluding hydrogens is 170 g/mol. The van der Waals surface area contributed by atoms with Crippen LogP contribution >= 0.6 is 0 Å². The summed E-state index contributed by atoms with van der Waals surface area (Å²) in [6.07, 6.45) is 2.20. The van der Waals surface area contributed by atoms with E-state index in [1.165, 1.54) is 7.11 Å². The molecule has 1 N–H and O–H groups in total. The van der Waals surface area contributed by atoms with Crippen LogP contribution in [-0.2, 0) is 18.2 Å². The minimum Gasteiger partial charge on any atom is -0.453 e. The van der Waals surface area contributed by atoms with Crippen molar-refractivity contribution in [3.8, 4) is 0 Å². The molecule has 0 saturated carbocycles. The van der Waals surface area contributed by atoms with Gasteiger partial charge >= 0.3 is 6.09 Å². The number of methoxy groups -OCH3 is 1. The second-order valence-corrected chi connectivity index (χ2v) is 2.65. The van der Waals surface area contributed by atoms with Crippen molar-refractivity contribution in [1.82, 2.24) is 9.78 Å². The first-order chi connectivity index (χ1) is 6.17. The number of aryl methyl sites for hydroxylation is 2. The summed E-state index contributed by atoms with van der Waals surface area (Å²) < 4.78 is 6.12. The highest BCUT2D eigenvalue weighted by molar-refractivity contribution is 5.84. The van der Waals surface area contributed by atoms with Gasteiger partial charge < -0.3 is 4.74 Å². The van der Waals surface area contributed by atoms with Gasteiger partial charge in [-0.25, -0.2) is 4.79 Å². The number of hydrogen-bond acceptors (Lipinski definition) is 3. The summed E-state index contributed by atoms with van der Waals surface area (Å²) >= 11 is 0. The van der Waals surface area contributed by atoms with Crippen LogP contribution < -0.4 is 5.32 Å². The molecule has 1 aromatic rings. The van der Waals surface area contributed by atoms with Crippen molar-refractivity contribution in [2.24, 2.45) is 7.05 Å². The lowest BCUT2D eigenvalue weighted by Crippen LogP contribution is -2.12. The minimum absolute atomic E-state index is 0.492. The zero-order valence-electron chi connectivity index (χ0n) is 8.00. The first kappa shape index (κ1) is 9.57. The van der Waals surface area contributed by atoms with Crippen LogP contribution in [0.5, 0.6) is 0 Å². The van der Waals surface area contributed by atoms with Crippen molar-refractivity contribution in [3.63, 3.8) is 0 Å². The lowest BCUT2D eigenvalue weighted by Gasteiger charge is -2.00. The molecular formula is C8H13N3O2. The summed E-state index contributed by atoms with van der Waals surface area (Å²) in [5, 5.41) is 6.61. The van der Waals surface area contributed by atoms with Crippen LogP contribution in [0.1, 0.15) is 12.5 Å². The molecule has 5 heteroatoms. The molecule has 0 unspecified atom stereocenters. The van der Waals surface area contributed by atoms with Gasteiger partial charge in [-0.05, 0) is 6.42 Å². The molecule has 0 saturated heterocycles. The van der Waals surface area contributed by atoms with E-state index in [0.29, 0.717) is 5.82 Å². The van der Waals surface area contributed by atoms with E-state index in [4.69, 9.17) is 0 Å². The second kappa shape index (κ2) is 3.93. The third-order valence-corrected chi connectivity index (χ3v) is 1.69. The number of rotatable bonds is 2. The highest BCUT2D eigenvalue weighted by Gasteiger charge is 2.08. The molecule has 0 aliphatic carbocycles. The molecule has 0 aliphatic rings. The Morgan fingerprint density at radius 3 is 3.00 bits per heavy atom. The molecule has 0 bridgehead atoms. The summed E-state index contributed by atoms with van der Waals surface area (Å²) in [6, 6.07) is 0. The SMILES string of the molecule is CCc1cn(C)nc1NC(=O)OC. The quantitative estimate of drug-likeness (QED) is 0.748. The van der Waals surface area contributed by atoms with E-state index in [0.717, 1.165) is 12.0 Å². The molecule has 1 aromatic heterocycles.